The molecular weight excluding hydrogens is 212 g/mol. The van der Waals surface area contributed by atoms with Crippen molar-refractivity contribution >= 4 is 0 Å². The third kappa shape index (κ3) is 4.57. The van der Waals surface area contributed by atoms with E-state index in [1.165, 1.54) is 19.3 Å². The maximum Gasteiger partial charge on any atom is 0.0584 e. The first-order valence-corrected chi connectivity index (χ1v) is 7.12. The molecule has 1 rings (SSSR count). The Balaban J connectivity index is 2.50. The largest absolute Gasteiger partial charge is 0.395 e. The van der Waals surface area contributed by atoms with Gasteiger partial charge in [-0.05, 0) is 51.6 Å². The highest BCUT2D eigenvalue weighted by atomic mass is 16.3. The van der Waals surface area contributed by atoms with Gasteiger partial charge in [0.1, 0.15) is 0 Å². The number of aliphatic hydroxyl groups is 1. The molecule has 0 heterocycles. The summed E-state index contributed by atoms with van der Waals surface area (Å²) in [5, 5.41) is 12.8. The Bertz CT molecular complexity index is 210. The number of hydrogen-bond donors (Lipinski definition) is 2. The second-order valence-electron chi connectivity index (χ2n) is 5.81. The predicted octanol–water partition coefficient (Wildman–Crippen LogP) is 1.71. The molecule has 3 heteroatoms. The van der Waals surface area contributed by atoms with Crippen molar-refractivity contribution in [2.75, 3.05) is 26.7 Å². The van der Waals surface area contributed by atoms with E-state index in [9.17, 15) is 5.11 Å². The average molecular weight is 242 g/mol. The van der Waals surface area contributed by atoms with Crippen LogP contribution in [0.2, 0.25) is 0 Å². The molecule has 3 nitrogen and oxygen atoms in total. The highest BCUT2D eigenvalue weighted by Gasteiger charge is 2.29. The molecule has 0 aromatic heterocycles. The second kappa shape index (κ2) is 7.34. The molecule has 0 amide bonds. The van der Waals surface area contributed by atoms with Crippen LogP contribution in [0.15, 0.2) is 0 Å². The lowest BCUT2D eigenvalue weighted by Crippen LogP contribution is -2.47. The van der Waals surface area contributed by atoms with Gasteiger partial charge in [-0.1, -0.05) is 13.8 Å². The van der Waals surface area contributed by atoms with Gasteiger partial charge in [0.25, 0.3) is 0 Å². The van der Waals surface area contributed by atoms with Crippen molar-refractivity contribution in [1.82, 2.24) is 10.2 Å². The summed E-state index contributed by atoms with van der Waals surface area (Å²) in [7, 11) is 2.13. The lowest BCUT2D eigenvalue weighted by molar-refractivity contribution is 0.108. The summed E-state index contributed by atoms with van der Waals surface area (Å²) < 4.78 is 0. The van der Waals surface area contributed by atoms with Crippen molar-refractivity contribution in [3.63, 3.8) is 0 Å². The molecule has 0 saturated heterocycles. The van der Waals surface area contributed by atoms with Gasteiger partial charge in [0.2, 0.25) is 0 Å². The first kappa shape index (κ1) is 14.9. The molecule has 17 heavy (non-hydrogen) atoms. The van der Waals surface area contributed by atoms with Crippen LogP contribution < -0.4 is 5.32 Å². The molecule has 0 aromatic rings. The van der Waals surface area contributed by atoms with Crippen LogP contribution in [0.4, 0.5) is 0 Å². The Morgan fingerprint density at radius 2 is 2.12 bits per heavy atom. The van der Waals surface area contributed by atoms with Gasteiger partial charge in [-0.25, -0.2) is 0 Å². The Morgan fingerprint density at radius 3 is 2.71 bits per heavy atom. The summed E-state index contributed by atoms with van der Waals surface area (Å²) in [6.07, 6.45) is 3.98. The van der Waals surface area contributed by atoms with Gasteiger partial charge >= 0.3 is 0 Å². The van der Waals surface area contributed by atoms with E-state index in [1.54, 1.807) is 0 Å². The molecule has 102 valence electrons. The summed E-state index contributed by atoms with van der Waals surface area (Å²) in [6.45, 7) is 9.07. The molecule has 4 unspecified atom stereocenters. The zero-order chi connectivity index (χ0) is 12.8. The number of nitrogens with zero attached hydrogens (tertiary/aromatic N) is 1. The maximum atomic E-state index is 9.20. The SMILES string of the molecule is CCNC1CCC(C)CC1CN(C)C(C)CO. The van der Waals surface area contributed by atoms with Crippen LogP contribution >= 0.6 is 0 Å². The first-order valence-electron chi connectivity index (χ1n) is 7.12. The number of likely N-dealkylation sites (N-methyl/N-ethyl adjacent to an activating group) is 1. The molecular formula is C14H30N2O. The third-order valence-electron chi connectivity index (χ3n) is 4.25. The molecule has 0 aliphatic heterocycles. The predicted molar refractivity (Wildman–Crippen MR) is 73.1 cm³/mol. The molecule has 0 radical (unpaired) electrons. The molecule has 1 aliphatic rings. The number of nitrogens with one attached hydrogen (secondary N) is 1. The Kier molecular flexibility index (Phi) is 6.45. The fourth-order valence-electron chi connectivity index (χ4n) is 2.92. The third-order valence-corrected chi connectivity index (χ3v) is 4.25. The molecule has 0 bridgehead atoms. The molecule has 1 fully saturated rings. The lowest BCUT2D eigenvalue weighted by Gasteiger charge is -2.38. The first-order chi connectivity index (χ1) is 8.08. The van der Waals surface area contributed by atoms with Gasteiger partial charge in [0.15, 0.2) is 0 Å². The van der Waals surface area contributed by atoms with Gasteiger partial charge in [-0.3, -0.25) is 0 Å². The highest BCUT2D eigenvalue weighted by molar-refractivity contribution is 4.85. The second-order valence-corrected chi connectivity index (χ2v) is 5.81. The van der Waals surface area contributed by atoms with E-state index in [0.717, 1.165) is 24.9 Å². The minimum atomic E-state index is 0.255. The fourth-order valence-corrected chi connectivity index (χ4v) is 2.92. The van der Waals surface area contributed by atoms with E-state index in [4.69, 9.17) is 0 Å². The normalized spacial score (nSPS) is 31.8. The Morgan fingerprint density at radius 1 is 1.41 bits per heavy atom. The van der Waals surface area contributed by atoms with Gasteiger partial charge in [0.05, 0.1) is 6.61 Å². The average Bonchev–Trinajstić information content (AvgIpc) is 2.31. The Hall–Kier alpha value is -0.120. The van der Waals surface area contributed by atoms with Crippen molar-refractivity contribution in [3.8, 4) is 0 Å². The minimum absolute atomic E-state index is 0.255. The van der Waals surface area contributed by atoms with Crippen molar-refractivity contribution < 1.29 is 5.11 Å². The lowest BCUT2D eigenvalue weighted by atomic mass is 9.78. The number of hydrogen-bond acceptors (Lipinski definition) is 3. The van der Waals surface area contributed by atoms with Crippen LogP contribution in [-0.2, 0) is 0 Å². The standard InChI is InChI=1S/C14H30N2O/c1-5-15-14-7-6-11(2)8-13(14)9-16(4)12(3)10-17/h11-15,17H,5-10H2,1-4H3. The molecule has 1 aliphatic carbocycles. The quantitative estimate of drug-likeness (QED) is 0.744. The van der Waals surface area contributed by atoms with Gasteiger partial charge in [-0.2, -0.15) is 0 Å². The minimum Gasteiger partial charge on any atom is -0.395 e. The van der Waals surface area contributed by atoms with Crippen molar-refractivity contribution in [3.05, 3.63) is 0 Å². The van der Waals surface area contributed by atoms with Crippen molar-refractivity contribution in [2.45, 2.75) is 52.1 Å². The van der Waals surface area contributed by atoms with E-state index in [-0.39, 0.29) is 12.6 Å². The number of aliphatic hydroxyl groups excluding tert-OH is 1. The fraction of sp³-hybridized carbons (Fsp3) is 1.00. The summed E-state index contributed by atoms with van der Waals surface area (Å²) in [6, 6.07) is 0.944. The highest BCUT2D eigenvalue weighted by Crippen LogP contribution is 2.29. The van der Waals surface area contributed by atoms with Crippen LogP contribution in [0.3, 0.4) is 0 Å². The van der Waals surface area contributed by atoms with E-state index >= 15 is 0 Å². The summed E-state index contributed by atoms with van der Waals surface area (Å²) >= 11 is 0. The smallest absolute Gasteiger partial charge is 0.0584 e. The maximum absolute atomic E-state index is 9.20. The Labute approximate surface area is 107 Å². The molecule has 0 spiro atoms. The molecule has 1 saturated carbocycles. The summed E-state index contributed by atoms with van der Waals surface area (Å²) in [5.74, 6) is 1.59. The van der Waals surface area contributed by atoms with E-state index in [1.807, 2.05) is 0 Å². The van der Waals surface area contributed by atoms with Crippen LogP contribution in [0, 0.1) is 11.8 Å². The van der Waals surface area contributed by atoms with Crippen molar-refractivity contribution in [2.24, 2.45) is 11.8 Å². The van der Waals surface area contributed by atoms with E-state index in [2.05, 4.69) is 38.0 Å². The van der Waals surface area contributed by atoms with Gasteiger partial charge in [-0.15, -0.1) is 0 Å². The van der Waals surface area contributed by atoms with Gasteiger partial charge < -0.3 is 15.3 Å². The zero-order valence-electron chi connectivity index (χ0n) is 11.9. The molecule has 4 atom stereocenters. The van der Waals surface area contributed by atoms with Gasteiger partial charge in [0, 0.05) is 18.6 Å². The van der Waals surface area contributed by atoms with Crippen LogP contribution in [0.1, 0.15) is 40.0 Å². The van der Waals surface area contributed by atoms with E-state index < -0.39 is 0 Å². The summed E-state index contributed by atoms with van der Waals surface area (Å²) in [4.78, 5) is 2.30. The van der Waals surface area contributed by atoms with Crippen LogP contribution in [0.5, 0.6) is 0 Å². The topological polar surface area (TPSA) is 35.5 Å². The summed E-state index contributed by atoms with van der Waals surface area (Å²) in [5.41, 5.74) is 0. The van der Waals surface area contributed by atoms with Crippen LogP contribution in [-0.4, -0.2) is 48.8 Å². The van der Waals surface area contributed by atoms with Crippen LogP contribution in [0.25, 0.3) is 0 Å². The zero-order valence-corrected chi connectivity index (χ0v) is 11.9. The molecule has 0 aromatic carbocycles. The molecule has 2 N–H and O–H groups in total. The van der Waals surface area contributed by atoms with Crippen molar-refractivity contribution in [1.29, 1.82) is 0 Å². The monoisotopic (exact) mass is 242 g/mol. The van der Waals surface area contributed by atoms with E-state index in [0.29, 0.717) is 6.04 Å². The number of rotatable bonds is 6.